The molecule has 6 heteroatoms. The summed E-state index contributed by atoms with van der Waals surface area (Å²) >= 11 is 7.54. The molecule has 1 atom stereocenters. The van der Waals surface area contributed by atoms with Crippen molar-refractivity contribution < 1.29 is 4.52 Å². The molecule has 1 heterocycles. The average molecular weight is 298 g/mol. The first-order chi connectivity index (χ1) is 9.19. The number of thioether (sulfide) groups is 1. The fourth-order valence-corrected chi connectivity index (χ4v) is 2.52. The number of hydrogen-bond acceptors (Lipinski definition) is 5. The van der Waals surface area contributed by atoms with Crippen molar-refractivity contribution >= 4 is 23.4 Å². The summed E-state index contributed by atoms with van der Waals surface area (Å²) in [6.07, 6.45) is 0.979. The topological polar surface area (TPSA) is 64.9 Å². The van der Waals surface area contributed by atoms with Gasteiger partial charge in [0.2, 0.25) is 11.7 Å². The highest BCUT2D eigenvalue weighted by Crippen LogP contribution is 2.20. The van der Waals surface area contributed by atoms with Gasteiger partial charge in [0.25, 0.3) is 0 Å². The summed E-state index contributed by atoms with van der Waals surface area (Å²) in [5, 5.41) is 4.65. The molecule has 0 saturated carbocycles. The Morgan fingerprint density at radius 1 is 1.37 bits per heavy atom. The van der Waals surface area contributed by atoms with Gasteiger partial charge < -0.3 is 10.3 Å². The normalized spacial score (nSPS) is 12.6. The Morgan fingerprint density at radius 2 is 2.11 bits per heavy atom. The van der Waals surface area contributed by atoms with Crippen LogP contribution in [0.5, 0.6) is 0 Å². The largest absolute Gasteiger partial charge is 0.338 e. The standard InChI is InChI=1S/C13H16ClN3OS/c1-2-11(15)7-19-8-12-16-13(17-18-12)9-3-5-10(14)6-4-9/h3-6,11H,2,7-8,15H2,1H3. The van der Waals surface area contributed by atoms with Gasteiger partial charge in [0, 0.05) is 22.4 Å². The van der Waals surface area contributed by atoms with Crippen LogP contribution in [0.15, 0.2) is 28.8 Å². The van der Waals surface area contributed by atoms with E-state index in [1.807, 2.05) is 24.3 Å². The molecule has 0 spiro atoms. The van der Waals surface area contributed by atoms with E-state index in [4.69, 9.17) is 21.9 Å². The van der Waals surface area contributed by atoms with Crippen LogP contribution in [0.3, 0.4) is 0 Å². The molecule has 19 heavy (non-hydrogen) atoms. The Kier molecular flexibility index (Phi) is 5.24. The molecular formula is C13H16ClN3OS. The highest BCUT2D eigenvalue weighted by atomic mass is 35.5. The van der Waals surface area contributed by atoms with E-state index in [1.165, 1.54) is 0 Å². The number of nitrogens with zero attached hydrogens (tertiary/aromatic N) is 2. The minimum Gasteiger partial charge on any atom is -0.338 e. The number of nitrogens with two attached hydrogens (primary N) is 1. The fraction of sp³-hybridized carbons (Fsp3) is 0.385. The van der Waals surface area contributed by atoms with E-state index >= 15 is 0 Å². The van der Waals surface area contributed by atoms with Crippen molar-refractivity contribution in [3.8, 4) is 11.4 Å². The molecule has 0 radical (unpaired) electrons. The predicted molar refractivity (Wildman–Crippen MR) is 79.2 cm³/mol. The summed E-state index contributed by atoms with van der Waals surface area (Å²) < 4.78 is 5.21. The van der Waals surface area contributed by atoms with E-state index < -0.39 is 0 Å². The second-order valence-corrected chi connectivity index (χ2v) is 5.67. The van der Waals surface area contributed by atoms with Crippen LogP contribution >= 0.6 is 23.4 Å². The van der Waals surface area contributed by atoms with Crippen molar-refractivity contribution in [3.63, 3.8) is 0 Å². The number of halogens is 1. The van der Waals surface area contributed by atoms with Gasteiger partial charge in [-0.05, 0) is 30.7 Å². The quantitative estimate of drug-likeness (QED) is 0.885. The van der Waals surface area contributed by atoms with E-state index in [-0.39, 0.29) is 6.04 Å². The maximum absolute atomic E-state index is 5.85. The SMILES string of the molecule is CCC(N)CSCc1nc(-c2ccc(Cl)cc2)no1. The third kappa shape index (κ3) is 4.23. The van der Waals surface area contributed by atoms with Gasteiger partial charge in [-0.25, -0.2) is 0 Å². The van der Waals surface area contributed by atoms with E-state index in [2.05, 4.69) is 17.1 Å². The van der Waals surface area contributed by atoms with E-state index in [0.29, 0.717) is 22.5 Å². The molecule has 102 valence electrons. The van der Waals surface area contributed by atoms with E-state index in [0.717, 1.165) is 17.7 Å². The van der Waals surface area contributed by atoms with Crippen LogP contribution in [-0.2, 0) is 5.75 Å². The van der Waals surface area contributed by atoms with E-state index in [9.17, 15) is 0 Å². The summed E-state index contributed by atoms with van der Waals surface area (Å²) in [5.41, 5.74) is 6.75. The maximum atomic E-state index is 5.85. The van der Waals surface area contributed by atoms with Crippen molar-refractivity contribution in [2.45, 2.75) is 25.1 Å². The summed E-state index contributed by atoms with van der Waals surface area (Å²) in [5.74, 6) is 2.80. The van der Waals surface area contributed by atoms with Gasteiger partial charge >= 0.3 is 0 Å². The highest BCUT2D eigenvalue weighted by Gasteiger charge is 2.09. The third-order valence-electron chi connectivity index (χ3n) is 2.65. The molecule has 2 N–H and O–H groups in total. The van der Waals surface area contributed by atoms with Crippen LogP contribution in [0.1, 0.15) is 19.2 Å². The van der Waals surface area contributed by atoms with Gasteiger partial charge in [-0.3, -0.25) is 0 Å². The fourth-order valence-electron chi connectivity index (χ4n) is 1.45. The molecule has 0 saturated heterocycles. The lowest BCUT2D eigenvalue weighted by molar-refractivity contribution is 0.391. The van der Waals surface area contributed by atoms with E-state index in [1.54, 1.807) is 11.8 Å². The predicted octanol–water partition coefficient (Wildman–Crippen LogP) is 3.36. The van der Waals surface area contributed by atoms with Gasteiger partial charge in [-0.1, -0.05) is 23.7 Å². The van der Waals surface area contributed by atoms with Crippen molar-refractivity contribution in [2.24, 2.45) is 5.73 Å². The zero-order chi connectivity index (χ0) is 13.7. The molecule has 0 bridgehead atoms. The lowest BCUT2D eigenvalue weighted by atomic mass is 10.2. The van der Waals surface area contributed by atoms with Crippen molar-refractivity contribution in [3.05, 3.63) is 35.2 Å². The molecule has 1 aromatic carbocycles. The molecule has 0 aliphatic heterocycles. The molecule has 0 amide bonds. The summed E-state index contributed by atoms with van der Waals surface area (Å²) in [6, 6.07) is 7.58. The second-order valence-electron chi connectivity index (χ2n) is 4.20. The maximum Gasteiger partial charge on any atom is 0.236 e. The number of rotatable bonds is 6. The van der Waals surface area contributed by atoms with Gasteiger partial charge in [-0.15, -0.1) is 0 Å². The summed E-state index contributed by atoms with van der Waals surface area (Å²) in [4.78, 5) is 4.35. The zero-order valence-corrected chi connectivity index (χ0v) is 12.2. The first-order valence-corrected chi connectivity index (χ1v) is 7.64. The molecular weight excluding hydrogens is 282 g/mol. The van der Waals surface area contributed by atoms with Crippen LogP contribution in [-0.4, -0.2) is 21.9 Å². The Hall–Kier alpha value is -1.04. The molecule has 4 nitrogen and oxygen atoms in total. The van der Waals surface area contributed by atoms with Gasteiger partial charge in [-0.2, -0.15) is 16.7 Å². The minimum atomic E-state index is 0.226. The molecule has 0 aliphatic carbocycles. The lowest BCUT2D eigenvalue weighted by Crippen LogP contribution is -2.21. The Labute approximate surface area is 121 Å². The summed E-state index contributed by atoms with van der Waals surface area (Å²) in [6.45, 7) is 2.08. The van der Waals surface area contributed by atoms with Crippen molar-refractivity contribution in [1.82, 2.24) is 10.1 Å². The van der Waals surface area contributed by atoms with Crippen molar-refractivity contribution in [1.29, 1.82) is 0 Å². The Bertz CT molecular complexity index is 515. The van der Waals surface area contributed by atoms with Crippen molar-refractivity contribution in [2.75, 3.05) is 5.75 Å². The lowest BCUT2D eigenvalue weighted by Gasteiger charge is -2.05. The first kappa shape index (κ1) is 14.4. The average Bonchev–Trinajstić information content (AvgIpc) is 2.88. The Morgan fingerprint density at radius 3 is 2.79 bits per heavy atom. The number of aromatic nitrogens is 2. The number of hydrogen-bond donors (Lipinski definition) is 1. The molecule has 0 fully saturated rings. The third-order valence-corrected chi connectivity index (χ3v) is 4.02. The van der Waals surface area contributed by atoms with Crippen LogP contribution in [0.2, 0.25) is 5.02 Å². The molecule has 2 rings (SSSR count). The van der Waals surface area contributed by atoms with Crippen LogP contribution in [0, 0.1) is 0 Å². The Balaban J connectivity index is 1.93. The summed E-state index contributed by atoms with van der Waals surface area (Å²) in [7, 11) is 0. The smallest absolute Gasteiger partial charge is 0.236 e. The molecule has 1 aromatic heterocycles. The zero-order valence-electron chi connectivity index (χ0n) is 10.7. The molecule has 0 aliphatic rings. The van der Waals surface area contributed by atoms with Gasteiger partial charge in [0.05, 0.1) is 5.75 Å². The van der Waals surface area contributed by atoms with Crippen LogP contribution in [0.25, 0.3) is 11.4 Å². The van der Waals surface area contributed by atoms with Crippen LogP contribution < -0.4 is 5.73 Å². The number of benzene rings is 1. The molecule has 1 unspecified atom stereocenters. The van der Waals surface area contributed by atoms with Crippen LogP contribution in [0.4, 0.5) is 0 Å². The minimum absolute atomic E-state index is 0.226. The first-order valence-electron chi connectivity index (χ1n) is 6.11. The monoisotopic (exact) mass is 297 g/mol. The highest BCUT2D eigenvalue weighted by molar-refractivity contribution is 7.98. The second kappa shape index (κ2) is 6.93. The van der Waals surface area contributed by atoms with Gasteiger partial charge in [0.15, 0.2) is 0 Å². The molecule has 2 aromatic rings. The van der Waals surface area contributed by atoms with Gasteiger partial charge in [0.1, 0.15) is 0 Å².